The Labute approximate surface area is 322 Å². The number of aliphatic hydroxyl groups excluding tert-OH is 2. The van der Waals surface area contributed by atoms with Gasteiger partial charge in [0.05, 0.1) is 46.0 Å². The van der Waals surface area contributed by atoms with Gasteiger partial charge in [-0.1, -0.05) is 137 Å². The van der Waals surface area contributed by atoms with E-state index < -0.39 is 32.7 Å². The quantitative estimate of drug-likeness (QED) is 0.0201. The van der Waals surface area contributed by atoms with Crippen molar-refractivity contribution in [2.45, 2.75) is 128 Å². The number of amides is 1. The van der Waals surface area contributed by atoms with E-state index in [4.69, 9.17) is 9.05 Å². The summed E-state index contributed by atoms with van der Waals surface area (Å²) < 4.78 is 23.0. The molecule has 0 aromatic heterocycles. The molecule has 0 aliphatic rings. The first-order chi connectivity index (χ1) is 25.4. The zero-order valence-corrected chi connectivity index (χ0v) is 34.4. The number of hydrogen-bond donors (Lipinski definition) is 3. The van der Waals surface area contributed by atoms with E-state index in [1.54, 1.807) is 12.2 Å². The van der Waals surface area contributed by atoms with Crippen molar-refractivity contribution in [2.24, 2.45) is 0 Å². The van der Waals surface area contributed by atoms with Crippen LogP contribution in [0.15, 0.2) is 97.2 Å². The van der Waals surface area contributed by atoms with Crippen LogP contribution in [-0.2, 0) is 18.4 Å². The van der Waals surface area contributed by atoms with E-state index in [1.165, 1.54) is 32.1 Å². The van der Waals surface area contributed by atoms with Gasteiger partial charge in [0.15, 0.2) is 0 Å². The van der Waals surface area contributed by atoms with Crippen LogP contribution in [0.1, 0.15) is 110 Å². The second-order valence-electron chi connectivity index (χ2n) is 14.1. The number of carbonyl (C=O) groups excluding carboxylic acids is 1. The fourth-order valence-electron chi connectivity index (χ4n) is 4.68. The lowest BCUT2D eigenvalue weighted by Crippen LogP contribution is -2.45. The highest BCUT2D eigenvalue weighted by Crippen LogP contribution is 2.38. The monoisotopic (exact) mass is 761 g/mol. The Kier molecular flexibility index (Phi) is 32.2. The number of phosphoric acid groups is 1. The van der Waals surface area contributed by atoms with Crippen LogP contribution in [0.3, 0.4) is 0 Å². The maximum atomic E-state index is 12.8. The minimum Gasteiger partial charge on any atom is -0.756 e. The normalized spacial score (nSPS) is 16.2. The van der Waals surface area contributed by atoms with Gasteiger partial charge >= 0.3 is 0 Å². The molecule has 0 fully saturated rings. The van der Waals surface area contributed by atoms with Crippen molar-refractivity contribution < 1.29 is 38.0 Å². The van der Waals surface area contributed by atoms with Crippen LogP contribution in [0, 0.1) is 0 Å². The molecule has 1 amide bonds. The molecule has 9 nitrogen and oxygen atoms in total. The Balaban J connectivity index is 4.79. The average Bonchev–Trinajstić information content (AvgIpc) is 3.10. The fraction of sp³-hybridized carbons (Fsp3) is 0.605. The van der Waals surface area contributed by atoms with Gasteiger partial charge in [-0.3, -0.25) is 9.36 Å². The predicted octanol–water partition coefficient (Wildman–Crippen LogP) is 8.74. The van der Waals surface area contributed by atoms with Crippen molar-refractivity contribution in [3.8, 4) is 0 Å². The highest BCUT2D eigenvalue weighted by molar-refractivity contribution is 7.45. The molecule has 0 bridgehead atoms. The first-order valence-corrected chi connectivity index (χ1v) is 21.2. The van der Waals surface area contributed by atoms with E-state index in [0.717, 1.165) is 38.5 Å². The Hall–Kier alpha value is -2.62. The molecule has 2 unspecified atom stereocenters. The van der Waals surface area contributed by atoms with E-state index in [1.807, 2.05) is 57.6 Å². The van der Waals surface area contributed by atoms with Gasteiger partial charge in [0.2, 0.25) is 5.91 Å². The molecule has 0 saturated carbocycles. The Bertz CT molecular complexity index is 1200. The fourth-order valence-corrected chi connectivity index (χ4v) is 5.41. The first-order valence-electron chi connectivity index (χ1n) is 19.7. The lowest BCUT2D eigenvalue weighted by Gasteiger charge is -2.29. The molecular formula is C43H73N2O7P. The standard InChI is InChI=1S/C43H73N2O7P/c1-6-8-10-12-14-16-18-19-21-22-24-26-29-33-40(46)34-30-28-32-36-43(48)44-41(39-52-53(49,50)51-38-37-45(3,4)5)42(47)35-31-27-25-23-20-17-15-13-11-9-7-2/h8,10,14,16,19-21,23-24,26,28-31,33,35,40-42,46-47H,6-7,9,11-13,15,17-18,22,25,27,32,34,36-39H2,1-5H3,(H-,44,48,49,50)/b10-8-,16-14-,21-19-,23-20-,26-24-,30-28-,33-29-,35-31+/t40?,41-,42+/m0/s1. The number of aliphatic hydroxyl groups is 2. The van der Waals surface area contributed by atoms with E-state index in [-0.39, 0.29) is 18.9 Å². The third-order valence-electron chi connectivity index (χ3n) is 7.87. The average molecular weight is 761 g/mol. The molecule has 0 rings (SSSR count). The van der Waals surface area contributed by atoms with Gasteiger partial charge in [-0.25, -0.2) is 0 Å². The summed E-state index contributed by atoms with van der Waals surface area (Å²) >= 11 is 0. The Morgan fingerprint density at radius 1 is 0.736 bits per heavy atom. The smallest absolute Gasteiger partial charge is 0.268 e. The molecule has 3 N–H and O–H groups in total. The number of nitrogens with one attached hydrogen (secondary N) is 1. The molecule has 0 saturated heterocycles. The van der Waals surface area contributed by atoms with Crippen LogP contribution in [0.4, 0.5) is 0 Å². The van der Waals surface area contributed by atoms with Crippen LogP contribution in [0.5, 0.6) is 0 Å². The van der Waals surface area contributed by atoms with Crippen molar-refractivity contribution in [3.63, 3.8) is 0 Å². The van der Waals surface area contributed by atoms with Gasteiger partial charge in [0.25, 0.3) is 7.82 Å². The third-order valence-corrected chi connectivity index (χ3v) is 8.84. The summed E-state index contributed by atoms with van der Waals surface area (Å²) in [5.41, 5.74) is 0. The molecule has 302 valence electrons. The number of hydrogen-bond acceptors (Lipinski definition) is 7. The second kappa shape index (κ2) is 33.9. The molecule has 0 aromatic carbocycles. The van der Waals surface area contributed by atoms with Gasteiger partial charge in [0, 0.05) is 6.42 Å². The highest BCUT2D eigenvalue weighted by atomic mass is 31.2. The SMILES string of the molecule is CC/C=C\C/C=C\C/C=C\C/C=C\C=C/C(O)C/C=C\CCC(=O)N[C@@H](COP(=O)([O-])OCC[N+](C)(C)C)[C@H](O)/C=C/CC/C=C\CCCCCCC. The molecule has 10 heteroatoms. The zero-order chi connectivity index (χ0) is 39.5. The van der Waals surface area contributed by atoms with Gasteiger partial charge in [0.1, 0.15) is 13.2 Å². The number of carbonyl (C=O) groups is 1. The molecule has 4 atom stereocenters. The minimum absolute atomic E-state index is 0.0444. The molecule has 0 spiro atoms. The van der Waals surface area contributed by atoms with Gasteiger partial charge in [-0.2, -0.15) is 0 Å². The summed E-state index contributed by atoms with van der Waals surface area (Å²) in [6.07, 6.45) is 43.5. The lowest BCUT2D eigenvalue weighted by atomic mass is 10.1. The minimum atomic E-state index is -4.64. The van der Waals surface area contributed by atoms with Crippen LogP contribution in [0.2, 0.25) is 0 Å². The number of rotatable bonds is 33. The molecule has 0 aliphatic heterocycles. The van der Waals surface area contributed by atoms with Crippen LogP contribution >= 0.6 is 7.82 Å². The maximum absolute atomic E-state index is 12.8. The van der Waals surface area contributed by atoms with E-state index in [0.29, 0.717) is 30.3 Å². The van der Waals surface area contributed by atoms with Crippen molar-refractivity contribution in [1.29, 1.82) is 0 Å². The van der Waals surface area contributed by atoms with Crippen molar-refractivity contribution in [1.82, 2.24) is 5.32 Å². The third kappa shape index (κ3) is 36.1. The number of allylic oxidation sites excluding steroid dienone is 13. The van der Waals surface area contributed by atoms with Crippen LogP contribution in [0.25, 0.3) is 0 Å². The Morgan fingerprint density at radius 3 is 2.04 bits per heavy atom. The Morgan fingerprint density at radius 2 is 1.36 bits per heavy atom. The summed E-state index contributed by atoms with van der Waals surface area (Å²) in [5, 5.41) is 23.8. The van der Waals surface area contributed by atoms with E-state index in [9.17, 15) is 24.5 Å². The van der Waals surface area contributed by atoms with E-state index >= 15 is 0 Å². The highest BCUT2D eigenvalue weighted by Gasteiger charge is 2.23. The molecule has 53 heavy (non-hydrogen) atoms. The molecular weight excluding hydrogens is 687 g/mol. The largest absolute Gasteiger partial charge is 0.756 e. The van der Waals surface area contributed by atoms with Crippen LogP contribution in [-0.4, -0.2) is 79.8 Å². The number of quaternary nitrogens is 1. The number of phosphoric ester groups is 1. The van der Waals surface area contributed by atoms with Gasteiger partial charge in [-0.05, 0) is 64.2 Å². The lowest BCUT2D eigenvalue weighted by molar-refractivity contribution is -0.870. The van der Waals surface area contributed by atoms with Gasteiger partial charge < -0.3 is 34.0 Å². The molecule has 0 aliphatic carbocycles. The summed E-state index contributed by atoms with van der Waals surface area (Å²) in [6, 6.07) is -0.990. The topological polar surface area (TPSA) is 128 Å². The summed E-state index contributed by atoms with van der Waals surface area (Å²) in [4.78, 5) is 25.2. The van der Waals surface area contributed by atoms with Crippen molar-refractivity contribution in [3.05, 3.63) is 97.2 Å². The zero-order valence-electron chi connectivity index (χ0n) is 33.5. The number of likely N-dealkylation sites (N-methyl/N-ethyl adjacent to an activating group) is 1. The maximum Gasteiger partial charge on any atom is 0.268 e. The summed E-state index contributed by atoms with van der Waals surface area (Å²) in [6.45, 7) is 4.29. The van der Waals surface area contributed by atoms with Crippen molar-refractivity contribution in [2.75, 3.05) is 40.9 Å². The molecule has 0 heterocycles. The van der Waals surface area contributed by atoms with Gasteiger partial charge in [-0.15, -0.1) is 0 Å². The number of nitrogens with zero attached hydrogens (tertiary/aromatic N) is 1. The molecule has 0 radical (unpaired) electrons. The first kappa shape index (κ1) is 50.4. The molecule has 0 aromatic rings. The summed E-state index contributed by atoms with van der Waals surface area (Å²) in [5.74, 6) is -0.357. The second-order valence-corrected chi connectivity index (χ2v) is 15.5. The van der Waals surface area contributed by atoms with Crippen molar-refractivity contribution >= 4 is 13.7 Å². The summed E-state index contributed by atoms with van der Waals surface area (Å²) in [7, 11) is 1.11. The predicted molar refractivity (Wildman–Crippen MR) is 220 cm³/mol. The number of unbranched alkanes of at least 4 members (excludes halogenated alkanes) is 6. The van der Waals surface area contributed by atoms with E-state index in [2.05, 4.69) is 67.8 Å². The van der Waals surface area contributed by atoms with Crippen LogP contribution < -0.4 is 10.2 Å².